The van der Waals surface area contributed by atoms with Crippen LogP contribution in [0.15, 0.2) is 84.9 Å². The van der Waals surface area contributed by atoms with Gasteiger partial charge in [-0.25, -0.2) is 0 Å². The van der Waals surface area contributed by atoms with Gasteiger partial charge in [0, 0.05) is 56.2 Å². The van der Waals surface area contributed by atoms with E-state index in [0.29, 0.717) is 0 Å². The van der Waals surface area contributed by atoms with Crippen LogP contribution in [0.1, 0.15) is 66.9 Å². The molecule has 5 rings (SSSR count). The highest BCUT2D eigenvalue weighted by molar-refractivity contribution is 6.30. The van der Waals surface area contributed by atoms with Gasteiger partial charge < -0.3 is 14.7 Å². The van der Waals surface area contributed by atoms with Crippen LogP contribution in [0.25, 0.3) is 0 Å². The summed E-state index contributed by atoms with van der Waals surface area (Å²) in [6, 6.07) is 28.4. The lowest BCUT2D eigenvalue weighted by molar-refractivity contribution is -0.136. The number of hydrogen-bond acceptors (Lipinski definition) is 3. The highest BCUT2D eigenvalue weighted by atomic mass is 35.5. The monoisotopic (exact) mass is 571 g/mol. The highest BCUT2D eigenvalue weighted by Crippen LogP contribution is 2.41. The third kappa shape index (κ3) is 6.37. The molecule has 3 aromatic carbocycles. The van der Waals surface area contributed by atoms with E-state index in [1.807, 2.05) is 60.5 Å². The van der Waals surface area contributed by atoms with Crippen molar-refractivity contribution in [3.05, 3.63) is 107 Å². The molecule has 2 fully saturated rings. The Morgan fingerprint density at radius 3 is 2.10 bits per heavy atom. The van der Waals surface area contributed by atoms with E-state index in [2.05, 4.69) is 46.2 Å². The normalized spacial score (nSPS) is 20.9. The third-order valence-electron chi connectivity index (χ3n) is 9.58. The first-order valence-corrected chi connectivity index (χ1v) is 15.3. The van der Waals surface area contributed by atoms with E-state index in [0.717, 1.165) is 81.8 Å². The van der Waals surface area contributed by atoms with Crippen LogP contribution in [-0.2, 0) is 15.7 Å². The Morgan fingerprint density at radius 1 is 0.829 bits per heavy atom. The van der Waals surface area contributed by atoms with E-state index in [4.69, 9.17) is 11.6 Å². The molecule has 2 amide bonds. The summed E-state index contributed by atoms with van der Waals surface area (Å²) in [6.07, 6.45) is 5.97. The summed E-state index contributed by atoms with van der Waals surface area (Å²) in [5.41, 5.74) is 2.91. The van der Waals surface area contributed by atoms with Crippen molar-refractivity contribution < 1.29 is 9.59 Å². The Balaban J connectivity index is 1.28. The predicted molar refractivity (Wildman–Crippen MR) is 166 cm³/mol. The molecule has 2 aliphatic heterocycles. The Kier molecular flexibility index (Phi) is 9.16. The first-order valence-electron chi connectivity index (χ1n) is 15.0. The van der Waals surface area contributed by atoms with Gasteiger partial charge >= 0.3 is 0 Å². The van der Waals surface area contributed by atoms with E-state index in [-0.39, 0.29) is 22.8 Å². The lowest BCUT2D eigenvalue weighted by atomic mass is 9.70. The van der Waals surface area contributed by atoms with Gasteiger partial charge in [0.25, 0.3) is 5.91 Å². The van der Waals surface area contributed by atoms with Crippen molar-refractivity contribution in [3.8, 4) is 0 Å². The zero-order valence-electron chi connectivity index (χ0n) is 24.4. The number of halogens is 1. The Hall–Kier alpha value is -3.15. The van der Waals surface area contributed by atoms with Crippen molar-refractivity contribution >= 4 is 23.4 Å². The van der Waals surface area contributed by atoms with Crippen molar-refractivity contribution in [2.45, 2.75) is 56.4 Å². The smallest absolute Gasteiger partial charge is 0.253 e. The highest BCUT2D eigenvalue weighted by Gasteiger charge is 2.42. The van der Waals surface area contributed by atoms with Crippen LogP contribution in [0.4, 0.5) is 0 Å². The minimum absolute atomic E-state index is 0.0916. The van der Waals surface area contributed by atoms with Crippen LogP contribution in [0, 0.1) is 0 Å². The van der Waals surface area contributed by atoms with E-state index < -0.39 is 0 Å². The van der Waals surface area contributed by atoms with Gasteiger partial charge in [0.15, 0.2) is 0 Å². The minimum Gasteiger partial charge on any atom is -0.338 e. The second-order valence-corrected chi connectivity index (χ2v) is 12.3. The van der Waals surface area contributed by atoms with Crippen LogP contribution in [0.3, 0.4) is 0 Å². The number of hydrogen-bond donors (Lipinski definition) is 0. The summed E-state index contributed by atoms with van der Waals surface area (Å²) in [5, 5.41) is 0.739. The largest absolute Gasteiger partial charge is 0.338 e. The molecule has 0 aliphatic carbocycles. The van der Waals surface area contributed by atoms with Crippen LogP contribution in [0.5, 0.6) is 0 Å². The molecule has 0 aromatic heterocycles. The minimum atomic E-state index is -0.254. The van der Waals surface area contributed by atoms with Crippen molar-refractivity contribution in [2.75, 3.05) is 39.8 Å². The molecule has 2 aliphatic rings. The van der Waals surface area contributed by atoms with Crippen LogP contribution >= 0.6 is 11.6 Å². The standard InChI is InChI=1S/C35H42ClN3O2/c1-28(40)37(2)35(31-13-7-4-8-14-31)21-25-38(26-22-35)23-9-19-34(30-15-17-32(36)18-16-30)20-10-24-39(27-34)33(41)29-11-5-3-6-12-29/h3-8,11-18H,9-10,19-27H2,1-2H3. The van der Waals surface area contributed by atoms with Crippen LogP contribution in [-0.4, -0.2) is 66.3 Å². The van der Waals surface area contributed by atoms with Crippen molar-refractivity contribution in [3.63, 3.8) is 0 Å². The van der Waals surface area contributed by atoms with Gasteiger partial charge in [0.2, 0.25) is 5.91 Å². The molecule has 0 N–H and O–H groups in total. The van der Waals surface area contributed by atoms with E-state index >= 15 is 0 Å². The zero-order valence-corrected chi connectivity index (χ0v) is 25.2. The van der Waals surface area contributed by atoms with Crippen molar-refractivity contribution in [1.82, 2.24) is 14.7 Å². The summed E-state index contributed by atoms with van der Waals surface area (Å²) < 4.78 is 0. The molecule has 41 heavy (non-hydrogen) atoms. The van der Waals surface area contributed by atoms with Gasteiger partial charge in [-0.2, -0.15) is 0 Å². The number of nitrogens with zero attached hydrogens (tertiary/aromatic N) is 3. The van der Waals surface area contributed by atoms with Gasteiger partial charge in [0.05, 0.1) is 5.54 Å². The summed E-state index contributed by atoms with van der Waals surface area (Å²) in [7, 11) is 1.95. The van der Waals surface area contributed by atoms with Gasteiger partial charge in [-0.05, 0) is 80.5 Å². The molecule has 2 saturated heterocycles. The van der Waals surface area contributed by atoms with Gasteiger partial charge in [-0.3, -0.25) is 9.59 Å². The van der Waals surface area contributed by atoms with Crippen LogP contribution in [0.2, 0.25) is 5.02 Å². The molecule has 6 heteroatoms. The summed E-state index contributed by atoms with van der Waals surface area (Å²) in [5.74, 6) is 0.227. The number of piperidine rings is 2. The number of likely N-dealkylation sites (tertiary alicyclic amines) is 2. The molecule has 0 saturated carbocycles. The zero-order chi connectivity index (χ0) is 28.9. The maximum Gasteiger partial charge on any atom is 0.253 e. The van der Waals surface area contributed by atoms with E-state index in [1.165, 1.54) is 11.1 Å². The predicted octanol–water partition coefficient (Wildman–Crippen LogP) is 6.76. The molecule has 3 aromatic rings. The lowest BCUT2D eigenvalue weighted by Gasteiger charge is -2.48. The number of carbonyl (C=O) groups excluding carboxylic acids is 2. The molecule has 216 valence electrons. The summed E-state index contributed by atoms with van der Waals surface area (Å²) >= 11 is 6.27. The molecule has 5 nitrogen and oxygen atoms in total. The first-order chi connectivity index (χ1) is 19.8. The number of rotatable bonds is 8. The number of benzene rings is 3. The molecule has 0 spiro atoms. The summed E-state index contributed by atoms with van der Waals surface area (Å²) in [6.45, 7) is 6.11. The number of amides is 2. The van der Waals surface area contributed by atoms with Gasteiger partial charge in [0.1, 0.15) is 0 Å². The average Bonchev–Trinajstić information content (AvgIpc) is 3.02. The molecular formula is C35H42ClN3O2. The Bertz CT molecular complexity index is 1310. The maximum atomic E-state index is 13.4. The third-order valence-corrected chi connectivity index (χ3v) is 9.83. The molecule has 0 radical (unpaired) electrons. The second kappa shape index (κ2) is 12.8. The van der Waals surface area contributed by atoms with E-state index in [9.17, 15) is 9.59 Å². The maximum absolute atomic E-state index is 13.4. The van der Waals surface area contributed by atoms with Gasteiger partial charge in [-0.15, -0.1) is 0 Å². The summed E-state index contributed by atoms with van der Waals surface area (Å²) in [4.78, 5) is 32.5. The quantitative estimate of drug-likeness (QED) is 0.300. The fraction of sp³-hybridized carbons (Fsp3) is 0.429. The lowest BCUT2D eigenvalue weighted by Crippen LogP contribution is -2.53. The second-order valence-electron chi connectivity index (χ2n) is 11.9. The van der Waals surface area contributed by atoms with Crippen molar-refractivity contribution in [2.24, 2.45) is 0 Å². The molecule has 2 heterocycles. The molecule has 1 atom stereocenters. The fourth-order valence-corrected chi connectivity index (χ4v) is 7.24. The van der Waals surface area contributed by atoms with Crippen molar-refractivity contribution in [1.29, 1.82) is 0 Å². The number of carbonyl (C=O) groups is 2. The Labute approximate surface area is 250 Å². The Morgan fingerprint density at radius 2 is 1.46 bits per heavy atom. The van der Waals surface area contributed by atoms with E-state index in [1.54, 1.807) is 6.92 Å². The topological polar surface area (TPSA) is 43.9 Å². The van der Waals surface area contributed by atoms with Crippen LogP contribution < -0.4 is 0 Å². The molecule has 0 bridgehead atoms. The average molecular weight is 572 g/mol. The fourth-order valence-electron chi connectivity index (χ4n) is 7.11. The van der Waals surface area contributed by atoms with Gasteiger partial charge in [-0.1, -0.05) is 72.3 Å². The molecule has 1 unspecified atom stereocenters. The first kappa shape index (κ1) is 29.3. The SMILES string of the molecule is CC(=O)N(C)C1(c2ccccc2)CCN(CCCC2(c3ccc(Cl)cc3)CCCN(C(=O)c3ccccc3)C2)CC1. The molecular weight excluding hydrogens is 530 g/mol.